The molecule has 6 nitrogen and oxygen atoms in total. The van der Waals surface area contributed by atoms with Crippen molar-refractivity contribution in [1.82, 2.24) is 20.2 Å². The van der Waals surface area contributed by atoms with Gasteiger partial charge in [-0.25, -0.2) is 9.97 Å². The molecule has 0 bridgehead atoms. The number of aryl methyl sites for hydroxylation is 1. The lowest BCUT2D eigenvalue weighted by Gasteiger charge is -2.27. The van der Waals surface area contributed by atoms with Crippen LogP contribution in [0.4, 0.5) is 17.5 Å². The highest BCUT2D eigenvalue weighted by Gasteiger charge is 2.28. The zero-order valence-corrected chi connectivity index (χ0v) is 15.5. The van der Waals surface area contributed by atoms with Gasteiger partial charge in [-0.05, 0) is 43.7 Å². The minimum atomic E-state index is 0.376. The van der Waals surface area contributed by atoms with Gasteiger partial charge in [0.1, 0.15) is 18.0 Å². The van der Waals surface area contributed by atoms with Crippen LogP contribution in [-0.2, 0) is 0 Å². The van der Waals surface area contributed by atoms with Gasteiger partial charge in [0.25, 0.3) is 0 Å². The number of aromatic nitrogens is 4. The van der Waals surface area contributed by atoms with Crippen molar-refractivity contribution in [2.75, 3.05) is 16.8 Å². The Morgan fingerprint density at radius 1 is 1.07 bits per heavy atom. The van der Waals surface area contributed by atoms with Crippen molar-refractivity contribution < 1.29 is 0 Å². The number of H-pyrrole nitrogens is 1. The Morgan fingerprint density at radius 3 is 2.81 bits per heavy atom. The summed E-state index contributed by atoms with van der Waals surface area (Å²) in [5.41, 5.74) is 3.95. The van der Waals surface area contributed by atoms with Gasteiger partial charge >= 0.3 is 0 Å². The summed E-state index contributed by atoms with van der Waals surface area (Å²) in [4.78, 5) is 11.3. The number of benzene rings is 1. The molecule has 1 atom stereocenters. The van der Waals surface area contributed by atoms with Crippen LogP contribution in [0.25, 0.3) is 0 Å². The van der Waals surface area contributed by atoms with Gasteiger partial charge in [0, 0.05) is 30.3 Å². The molecule has 3 heterocycles. The Labute approximate surface area is 159 Å². The molecule has 2 fully saturated rings. The van der Waals surface area contributed by atoms with E-state index >= 15 is 0 Å². The molecular weight excluding hydrogens is 336 g/mol. The van der Waals surface area contributed by atoms with Gasteiger partial charge in [0.15, 0.2) is 5.82 Å². The first-order valence-corrected chi connectivity index (χ1v) is 9.74. The van der Waals surface area contributed by atoms with E-state index in [1.807, 2.05) is 6.07 Å². The monoisotopic (exact) mass is 360 g/mol. The minimum Gasteiger partial charge on any atom is -0.349 e. The molecule has 1 unspecified atom stereocenters. The van der Waals surface area contributed by atoms with E-state index in [4.69, 9.17) is 0 Å². The van der Waals surface area contributed by atoms with Crippen molar-refractivity contribution in [2.24, 2.45) is 0 Å². The summed E-state index contributed by atoms with van der Waals surface area (Å²) in [5.74, 6) is 3.23. The quantitative estimate of drug-likeness (QED) is 0.702. The first kappa shape index (κ1) is 16.3. The predicted molar refractivity (Wildman–Crippen MR) is 106 cm³/mol. The molecule has 1 saturated heterocycles. The summed E-state index contributed by atoms with van der Waals surface area (Å²) in [6, 6.07) is 13.1. The maximum Gasteiger partial charge on any atom is 0.153 e. The van der Waals surface area contributed by atoms with Crippen molar-refractivity contribution in [3.63, 3.8) is 0 Å². The van der Waals surface area contributed by atoms with Gasteiger partial charge in [-0.15, -0.1) is 0 Å². The number of rotatable bonds is 5. The van der Waals surface area contributed by atoms with Gasteiger partial charge in [-0.2, -0.15) is 5.10 Å². The second-order valence-corrected chi connectivity index (χ2v) is 7.58. The molecule has 0 radical (unpaired) electrons. The summed E-state index contributed by atoms with van der Waals surface area (Å²) in [7, 11) is 0. The van der Waals surface area contributed by atoms with Gasteiger partial charge in [-0.1, -0.05) is 24.3 Å². The maximum atomic E-state index is 4.56. The summed E-state index contributed by atoms with van der Waals surface area (Å²) < 4.78 is 0. The first-order valence-electron chi connectivity index (χ1n) is 9.74. The Bertz CT molecular complexity index is 945. The standard InChI is InChI=1S/C21H24N6/c1-14-5-2-3-6-16(14)18-7-4-10-27(18)21-12-19(22-13-23-21)24-20-11-17(25-26-20)15-8-9-15/h2-3,5-6,11-13,15,18H,4,7-10H2,1H3,(H2,22,23,24,25,26). The van der Waals surface area contributed by atoms with Gasteiger partial charge in [-0.3, -0.25) is 5.10 Å². The summed E-state index contributed by atoms with van der Waals surface area (Å²) >= 11 is 0. The number of hydrogen-bond donors (Lipinski definition) is 2. The number of hydrogen-bond acceptors (Lipinski definition) is 5. The molecule has 27 heavy (non-hydrogen) atoms. The fraction of sp³-hybridized carbons (Fsp3) is 0.381. The van der Waals surface area contributed by atoms with Crippen LogP contribution < -0.4 is 10.2 Å². The number of nitrogens with zero attached hydrogens (tertiary/aromatic N) is 4. The second kappa shape index (κ2) is 6.68. The Morgan fingerprint density at radius 2 is 1.96 bits per heavy atom. The summed E-state index contributed by atoms with van der Waals surface area (Å²) in [6.45, 7) is 3.21. The lowest BCUT2D eigenvalue weighted by molar-refractivity contribution is 0.706. The van der Waals surface area contributed by atoms with Crippen LogP contribution >= 0.6 is 0 Å². The highest BCUT2D eigenvalue weighted by Crippen LogP contribution is 2.40. The first-order chi connectivity index (χ1) is 13.3. The third-order valence-corrected chi connectivity index (χ3v) is 5.62. The Kier molecular flexibility index (Phi) is 4.03. The van der Waals surface area contributed by atoms with E-state index < -0.39 is 0 Å². The van der Waals surface area contributed by atoms with Crippen molar-refractivity contribution in [1.29, 1.82) is 0 Å². The molecule has 1 aliphatic heterocycles. The van der Waals surface area contributed by atoms with Crippen molar-refractivity contribution >= 4 is 17.5 Å². The van der Waals surface area contributed by atoms with Gasteiger partial charge < -0.3 is 10.2 Å². The second-order valence-electron chi connectivity index (χ2n) is 7.58. The van der Waals surface area contributed by atoms with Crippen molar-refractivity contribution in [2.45, 2.75) is 44.6 Å². The SMILES string of the molecule is Cc1ccccc1C1CCCN1c1cc(Nc2cc(C3CC3)[nH]n2)ncn1. The van der Waals surface area contributed by atoms with E-state index in [2.05, 4.69) is 67.6 Å². The van der Waals surface area contributed by atoms with Crippen molar-refractivity contribution in [3.8, 4) is 0 Å². The molecule has 5 rings (SSSR count). The molecule has 1 saturated carbocycles. The molecule has 0 amide bonds. The highest BCUT2D eigenvalue weighted by molar-refractivity contribution is 5.58. The van der Waals surface area contributed by atoms with E-state index in [0.717, 1.165) is 30.4 Å². The zero-order valence-electron chi connectivity index (χ0n) is 15.5. The van der Waals surface area contributed by atoms with E-state index in [1.165, 1.54) is 36.1 Å². The predicted octanol–water partition coefficient (Wildman–Crippen LogP) is 4.47. The third-order valence-electron chi connectivity index (χ3n) is 5.62. The largest absolute Gasteiger partial charge is 0.349 e. The molecule has 2 aromatic heterocycles. The fourth-order valence-corrected chi connectivity index (χ4v) is 4.03. The number of nitrogens with one attached hydrogen (secondary N) is 2. The van der Waals surface area contributed by atoms with Gasteiger partial charge in [0.2, 0.25) is 0 Å². The van der Waals surface area contributed by atoms with Crippen LogP contribution in [0.3, 0.4) is 0 Å². The zero-order chi connectivity index (χ0) is 18.2. The van der Waals surface area contributed by atoms with Gasteiger partial charge in [0.05, 0.1) is 6.04 Å². The van der Waals surface area contributed by atoms with E-state index in [-0.39, 0.29) is 0 Å². The molecule has 2 aliphatic rings. The van der Waals surface area contributed by atoms with E-state index in [9.17, 15) is 0 Å². The summed E-state index contributed by atoms with van der Waals surface area (Å²) in [5, 5.41) is 10.8. The average Bonchev–Trinajstić information content (AvgIpc) is 3.23. The van der Waals surface area contributed by atoms with Crippen LogP contribution in [0, 0.1) is 6.92 Å². The lowest BCUT2D eigenvalue weighted by Crippen LogP contribution is -2.24. The third kappa shape index (κ3) is 3.27. The lowest BCUT2D eigenvalue weighted by atomic mass is 9.99. The normalized spacial score (nSPS) is 19.4. The maximum absolute atomic E-state index is 4.56. The Balaban J connectivity index is 1.38. The molecule has 6 heteroatoms. The van der Waals surface area contributed by atoms with E-state index in [0.29, 0.717) is 12.0 Å². The molecule has 1 aliphatic carbocycles. The molecule has 3 aromatic rings. The molecule has 1 aromatic carbocycles. The molecule has 0 spiro atoms. The molecule has 2 N–H and O–H groups in total. The smallest absolute Gasteiger partial charge is 0.153 e. The number of anilines is 3. The van der Waals surface area contributed by atoms with Crippen molar-refractivity contribution in [3.05, 3.63) is 59.5 Å². The highest BCUT2D eigenvalue weighted by atomic mass is 15.2. The fourth-order valence-electron chi connectivity index (χ4n) is 4.03. The minimum absolute atomic E-state index is 0.376. The van der Waals surface area contributed by atoms with Crippen LogP contribution in [0.15, 0.2) is 42.7 Å². The van der Waals surface area contributed by atoms with E-state index in [1.54, 1.807) is 6.33 Å². The molecular formula is C21H24N6. The topological polar surface area (TPSA) is 69.7 Å². The average molecular weight is 360 g/mol. The van der Waals surface area contributed by atoms with Crippen LogP contribution in [0.2, 0.25) is 0 Å². The number of aromatic amines is 1. The van der Waals surface area contributed by atoms with Crippen LogP contribution in [0.1, 0.15) is 54.5 Å². The summed E-state index contributed by atoms with van der Waals surface area (Å²) in [6.07, 6.45) is 6.49. The Hall–Kier alpha value is -2.89. The van der Waals surface area contributed by atoms with Crippen LogP contribution in [-0.4, -0.2) is 26.7 Å². The van der Waals surface area contributed by atoms with Crippen LogP contribution in [0.5, 0.6) is 0 Å². The molecule has 138 valence electrons.